The quantitative estimate of drug-likeness (QED) is 0.513. The van der Waals surface area contributed by atoms with Gasteiger partial charge < -0.3 is 10.4 Å². The van der Waals surface area contributed by atoms with Crippen LogP contribution in [0.15, 0.2) is 11.6 Å². The fourth-order valence-electron chi connectivity index (χ4n) is 10.6. The van der Waals surface area contributed by atoms with Crippen LogP contribution in [0.2, 0.25) is 0 Å². The number of fused-ring (bicyclic) bond motifs is 7. The third-order valence-corrected chi connectivity index (χ3v) is 13.3. The van der Waals surface area contributed by atoms with E-state index in [4.69, 9.17) is 0 Å². The Morgan fingerprint density at radius 1 is 0.973 bits per heavy atom. The van der Waals surface area contributed by atoms with E-state index in [1.165, 1.54) is 5.57 Å². The number of carbonyl (C=O) groups is 3. The Bertz CT molecular complexity index is 1060. The molecule has 8 atom stereocenters. The van der Waals surface area contributed by atoms with E-state index in [9.17, 15) is 19.5 Å². The van der Waals surface area contributed by atoms with Crippen molar-refractivity contribution in [2.45, 2.75) is 106 Å². The number of aliphatic hydroxyl groups is 1. The average Bonchev–Trinajstić information content (AvgIpc) is 2.82. The largest absolute Gasteiger partial charge is 0.395 e. The molecule has 5 nitrogen and oxygen atoms in total. The maximum Gasteiger partial charge on any atom is 0.226 e. The molecule has 5 rings (SSSR count). The highest BCUT2D eigenvalue weighted by atomic mass is 16.3. The van der Waals surface area contributed by atoms with Gasteiger partial charge in [-0.15, -0.1) is 0 Å². The van der Waals surface area contributed by atoms with Gasteiger partial charge in [0.05, 0.1) is 6.61 Å². The summed E-state index contributed by atoms with van der Waals surface area (Å²) in [5, 5.41) is 12.2. The summed E-state index contributed by atoms with van der Waals surface area (Å²) in [6.07, 6.45) is 10.2. The van der Waals surface area contributed by atoms with E-state index in [0.717, 1.165) is 51.4 Å². The Morgan fingerprint density at radius 2 is 1.65 bits per heavy atom. The molecule has 0 aromatic rings. The maximum atomic E-state index is 14.3. The van der Waals surface area contributed by atoms with Gasteiger partial charge >= 0.3 is 0 Å². The predicted octanol–water partition coefficient (Wildman–Crippen LogP) is 5.64. The molecule has 4 saturated carbocycles. The molecule has 0 radical (unpaired) electrons. The number of hydrogen-bond acceptors (Lipinski definition) is 4. The normalized spacial score (nSPS) is 48.6. The standard InChI is InChI=1S/C32H49NO4/c1-27(2)23-8-11-32(7)25(30(23,5)10-9-24(27)36)22(35)18-20-21-19-29(4,26(37)33-16-17-34)13-12-28(21,3)14-15-31(20,32)6/h18,21,23,25,34H,8-17,19H2,1-7H3,(H,33,37)/t21-,23-,25+,28+,29-,30-,31+,32+/m0/s1. The second-order valence-electron chi connectivity index (χ2n) is 15.4. The molecule has 0 bridgehead atoms. The number of rotatable bonds is 3. The SMILES string of the molecule is CC1(C)C(=O)CC[C@]2(C)[C@H]3C(=O)C=C4[C@@H]5C[C@@](C)(C(=O)NCCO)CC[C@]5(C)CC[C@@]4(C)[C@]3(C)CC[C@@H]12. The van der Waals surface area contributed by atoms with Gasteiger partial charge in [-0.1, -0.05) is 54.0 Å². The summed E-state index contributed by atoms with van der Waals surface area (Å²) in [6, 6.07) is 0. The van der Waals surface area contributed by atoms with Crippen molar-refractivity contribution >= 4 is 17.5 Å². The van der Waals surface area contributed by atoms with Gasteiger partial charge in [0.1, 0.15) is 5.78 Å². The van der Waals surface area contributed by atoms with Crippen molar-refractivity contribution in [3.05, 3.63) is 11.6 Å². The first kappa shape index (κ1) is 27.1. The molecule has 206 valence electrons. The lowest BCUT2D eigenvalue weighted by Crippen LogP contribution is -2.66. The number of amides is 1. The molecule has 0 saturated heterocycles. The summed E-state index contributed by atoms with van der Waals surface area (Å²) >= 11 is 0. The Morgan fingerprint density at radius 3 is 2.32 bits per heavy atom. The molecule has 0 unspecified atom stereocenters. The molecular weight excluding hydrogens is 462 g/mol. The summed E-state index contributed by atoms with van der Waals surface area (Å²) in [7, 11) is 0. The van der Waals surface area contributed by atoms with Gasteiger partial charge in [-0.3, -0.25) is 14.4 Å². The molecule has 0 spiro atoms. The third kappa shape index (κ3) is 3.47. The van der Waals surface area contributed by atoms with Gasteiger partial charge in [-0.25, -0.2) is 0 Å². The molecule has 5 aliphatic carbocycles. The third-order valence-electron chi connectivity index (χ3n) is 13.3. The van der Waals surface area contributed by atoms with Crippen molar-refractivity contribution in [3.63, 3.8) is 0 Å². The predicted molar refractivity (Wildman–Crippen MR) is 145 cm³/mol. The second-order valence-corrected chi connectivity index (χ2v) is 15.4. The summed E-state index contributed by atoms with van der Waals surface area (Å²) in [4.78, 5) is 40.5. The zero-order chi connectivity index (χ0) is 27.2. The van der Waals surface area contributed by atoms with Crippen LogP contribution >= 0.6 is 0 Å². The Labute approximate surface area is 223 Å². The van der Waals surface area contributed by atoms with E-state index < -0.39 is 5.41 Å². The fraction of sp³-hybridized carbons (Fsp3) is 0.844. The molecular formula is C32H49NO4. The number of allylic oxidation sites excluding steroid dienone is 2. The van der Waals surface area contributed by atoms with Crippen molar-refractivity contribution < 1.29 is 19.5 Å². The van der Waals surface area contributed by atoms with Crippen molar-refractivity contribution in [1.82, 2.24) is 5.32 Å². The van der Waals surface area contributed by atoms with Crippen LogP contribution < -0.4 is 5.32 Å². The first-order valence-electron chi connectivity index (χ1n) is 14.8. The lowest BCUT2D eigenvalue weighted by atomic mass is 9.33. The Kier molecular flexibility index (Phi) is 6.05. The molecule has 4 fully saturated rings. The number of carbonyl (C=O) groups excluding carboxylic acids is 3. The van der Waals surface area contributed by atoms with Crippen molar-refractivity contribution in [1.29, 1.82) is 0 Å². The van der Waals surface area contributed by atoms with E-state index in [0.29, 0.717) is 12.2 Å². The lowest BCUT2D eigenvalue weighted by Gasteiger charge is -2.70. The molecule has 37 heavy (non-hydrogen) atoms. The van der Waals surface area contributed by atoms with Crippen LogP contribution in [0.1, 0.15) is 106 Å². The number of aliphatic hydroxyl groups excluding tert-OH is 1. The zero-order valence-electron chi connectivity index (χ0n) is 24.3. The minimum atomic E-state index is -0.489. The minimum absolute atomic E-state index is 0.0322. The maximum absolute atomic E-state index is 14.3. The summed E-state index contributed by atoms with van der Waals surface area (Å²) in [5.41, 5.74) is 0.136. The second kappa shape index (κ2) is 8.26. The molecule has 5 heteroatoms. The smallest absolute Gasteiger partial charge is 0.226 e. The molecule has 5 aliphatic rings. The van der Waals surface area contributed by atoms with E-state index >= 15 is 0 Å². The monoisotopic (exact) mass is 511 g/mol. The van der Waals surface area contributed by atoms with Crippen LogP contribution in [0.25, 0.3) is 0 Å². The topological polar surface area (TPSA) is 83.5 Å². The number of Topliss-reactive ketones (excluding diaryl/α,β-unsaturated/α-hetero) is 1. The molecule has 0 heterocycles. The summed E-state index contributed by atoms with van der Waals surface area (Å²) < 4.78 is 0. The highest BCUT2D eigenvalue weighted by Gasteiger charge is 2.70. The number of nitrogens with one attached hydrogen (secondary N) is 1. The van der Waals surface area contributed by atoms with Crippen LogP contribution in [0.5, 0.6) is 0 Å². The molecule has 1 amide bonds. The minimum Gasteiger partial charge on any atom is -0.395 e. The lowest BCUT2D eigenvalue weighted by molar-refractivity contribution is -0.187. The van der Waals surface area contributed by atoms with E-state index in [1.54, 1.807) is 0 Å². The van der Waals surface area contributed by atoms with Crippen LogP contribution in [0, 0.1) is 50.2 Å². The van der Waals surface area contributed by atoms with Crippen LogP contribution in [-0.4, -0.2) is 35.7 Å². The fourth-order valence-corrected chi connectivity index (χ4v) is 10.6. The van der Waals surface area contributed by atoms with Gasteiger partial charge in [-0.2, -0.15) is 0 Å². The Hall–Kier alpha value is -1.49. The average molecular weight is 512 g/mol. The molecule has 0 aromatic heterocycles. The van der Waals surface area contributed by atoms with Gasteiger partial charge in [0.25, 0.3) is 0 Å². The van der Waals surface area contributed by atoms with E-state index in [-0.39, 0.29) is 69.7 Å². The number of ketones is 2. The zero-order valence-corrected chi connectivity index (χ0v) is 24.3. The van der Waals surface area contributed by atoms with Crippen LogP contribution in [0.4, 0.5) is 0 Å². The molecule has 2 N–H and O–H groups in total. The Balaban J connectivity index is 1.57. The van der Waals surface area contributed by atoms with E-state index in [1.807, 2.05) is 6.08 Å². The summed E-state index contributed by atoms with van der Waals surface area (Å²) in [6.45, 7) is 16.1. The first-order valence-corrected chi connectivity index (χ1v) is 14.8. The van der Waals surface area contributed by atoms with Gasteiger partial charge in [-0.05, 0) is 90.9 Å². The molecule has 0 aliphatic heterocycles. The van der Waals surface area contributed by atoms with Gasteiger partial charge in [0.2, 0.25) is 5.91 Å². The van der Waals surface area contributed by atoms with Crippen LogP contribution in [0.3, 0.4) is 0 Å². The first-order chi connectivity index (χ1) is 17.1. The van der Waals surface area contributed by atoms with Gasteiger partial charge in [0, 0.05) is 29.7 Å². The summed E-state index contributed by atoms with van der Waals surface area (Å²) in [5.74, 6) is 1.05. The van der Waals surface area contributed by atoms with Crippen molar-refractivity contribution in [3.8, 4) is 0 Å². The van der Waals surface area contributed by atoms with E-state index in [2.05, 4.69) is 53.8 Å². The highest BCUT2D eigenvalue weighted by Crippen LogP contribution is 2.74. The molecule has 0 aromatic carbocycles. The van der Waals surface area contributed by atoms with Gasteiger partial charge in [0.15, 0.2) is 5.78 Å². The van der Waals surface area contributed by atoms with Crippen LogP contribution in [-0.2, 0) is 14.4 Å². The van der Waals surface area contributed by atoms with Crippen molar-refractivity contribution in [2.75, 3.05) is 13.2 Å². The highest BCUT2D eigenvalue weighted by molar-refractivity contribution is 5.96. The number of hydrogen-bond donors (Lipinski definition) is 2. The van der Waals surface area contributed by atoms with Crippen molar-refractivity contribution in [2.24, 2.45) is 50.2 Å².